The van der Waals surface area contributed by atoms with Crippen LogP contribution in [0.4, 0.5) is 0 Å². The van der Waals surface area contributed by atoms with Gasteiger partial charge in [-0.25, -0.2) is 0 Å². The van der Waals surface area contributed by atoms with Gasteiger partial charge in [0.2, 0.25) is 0 Å². The Balaban J connectivity index is 2.25. The van der Waals surface area contributed by atoms with Gasteiger partial charge in [-0.05, 0) is 24.1 Å². The number of methoxy groups -OCH3 is 1. The molecule has 0 amide bonds. The third-order valence-corrected chi connectivity index (χ3v) is 4.26. The molecule has 1 unspecified atom stereocenters. The molecular formula is C12H15NOS2. The van der Waals surface area contributed by atoms with Crippen molar-refractivity contribution in [2.75, 3.05) is 13.7 Å². The van der Waals surface area contributed by atoms with E-state index in [2.05, 4.69) is 35.8 Å². The van der Waals surface area contributed by atoms with E-state index in [0.29, 0.717) is 6.04 Å². The van der Waals surface area contributed by atoms with E-state index >= 15 is 0 Å². The predicted octanol–water partition coefficient (Wildman–Crippen LogP) is 3.52. The van der Waals surface area contributed by atoms with Gasteiger partial charge < -0.3 is 10.1 Å². The lowest BCUT2D eigenvalue weighted by Crippen LogP contribution is -2.19. The second kappa shape index (κ2) is 5.48. The second-order valence-corrected chi connectivity index (χ2v) is 5.32. The zero-order valence-corrected chi connectivity index (χ0v) is 11.0. The molecule has 0 saturated carbocycles. The first-order valence-corrected chi connectivity index (χ1v) is 7.00. The smallest absolute Gasteiger partial charge is 0.129 e. The summed E-state index contributed by atoms with van der Waals surface area (Å²) in [5.41, 5.74) is 0. The van der Waals surface area contributed by atoms with Gasteiger partial charge in [-0.2, -0.15) is 0 Å². The lowest BCUT2D eigenvalue weighted by atomic mass is 10.2. The first-order valence-electron chi connectivity index (χ1n) is 5.24. The summed E-state index contributed by atoms with van der Waals surface area (Å²) in [4.78, 5) is 2.66. The highest BCUT2D eigenvalue weighted by molar-refractivity contribution is 7.11. The van der Waals surface area contributed by atoms with Gasteiger partial charge in [0, 0.05) is 15.1 Å². The van der Waals surface area contributed by atoms with Gasteiger partial charge in [0.15, 0.2) is 0 Å². The van der Waals surface area contributed by atoms with Crippen LogP contribution in [0.15, 0.2) is 29.0 Å². The highest BCUT2D eigenvalue weighted by Crippen LogP contribution is 2.32. The molecule has 1 atom stereocenters. The normalized spacial score (nSPS) is 12.6. The fourth-order valence-electron chi connectivity index (χ4n) is 1.59. The van der Waals surface area contributed by atoms with Crippen molar-refractivity contribution in [3.05, 3.63) is 38.7 Å². The molecule has 0 radical (unpaired) electrons. The van der Waals surface area contributed by atoms with Crippen molar-refractivity contribution in [3.8, 4) is 5.75 Å². The molecule has 0 fully saturated rings. The molecule has 16 heavy (non-hydrogen) atoms. The average Bonchev–Trinajstić information content (AvgIpc) is 2.97. The highest BCUT2D eigenvalue weighted by Gasteiger charge is 2.16. The van der Waals surface area contributed by atoms with Crippen LogP contribution in [0.2, 0.25) is 0 Å². The van der Waals surface area contributed by atoms with Gasteiger partial charge in [-0.15, -0.1) is 22.7 Å². The first-order chi connectivity index (χ1) is 7.85. The number of hydrogen-bond donors (Lipinski definition) is 1. The highest BCUT2D eigenvalue weighted by atomic mass is 32.1. The summed E-state index contributed by atoms with van der Waals surface area (Å²) >= 11 is 3.53. The maximum absolute atomic E-state index is 5.23. The summed E-state index contributed by atoms with van der Waals surface area (Å²) in [7, 11) is 1.71. The van der Waals surface area contributed by atoms with E-state index in [-0.39, 0.29) is 0 Å². The molecule has 86 valence electrons. The predicted molar refractivity (Wildman–Crippen MR) is 70.7 cm³/mol. The largest absolute Gasteiger partial charge is 0.496 e. The van der Waals surface area contributed by atoms with Crippen LogP contribution in [0.1, 0.15) is 22.7 Å². The van der Waals surface area contributed by atoms with Crippen LogP contribution < -0.4 is 10.1 Å². The topological polar surface area (TPSA) is 21.3 Å². The zero-order chi connectivity index (χ0) is 11.4. The van der Waals surface area contributed by atoms with Crippen LogP contribution in [-0.4, -0.2) is 13.7 Å². The Morgan fingerprint density at radius 3 is 2.81 bits per heavy atom. The minimum absolute atomic E-state index is 0.305. The molecule has 2 aromatic heterocycles. The molecule has 4 heteroatoms. The van der Waals surface area contributed by atoms with Crippen LogP contribution in [0.5, 0.6) is 5.75 Å². The van der Waals surface area contributed by atoms with Crippen LogP contribution in [-0.2, 0) is 0 Å². The third kappa shape index (κ3) is 2.45. The van der Waals surface area contributed by atoms with E-state index < -0.39 is 0 Å². The van der Waals surface area contributed by atoms with Gasteiger partial charge in [0.1, 0.15) is 5.75 Å². The van der Waals surface area contributed by atoms with Crippen LogP contribution >= 0.6 is 22.7 Å². The van der Waals surface area contributed by atoms with E-state index in [1.807, 2.05) is 5.38 Å². The molecule has 0 aliphatic rings. The Hall–Kier alpha value is -0.840. The molecule has 0 spiro atoms. The zero-order valence-electron chi connectivity index (χ0n) is 9.40. The van der Waals surface area contributed by atoms with Gasteiger partial charge in [0.25, 0.3) is 0 Å². The maximum Gasteiger partial charge on any atom is 0.129 e. The van der Waals surface area contributed by atoms with E-state index in [4.69, 9.17) is 4.74 Å². The molecule has 0 aromatic carbocycles. The molecule has 2 heterocycles. The summed E-state index contributed by atoms with van der Waals surface area (Å²) < 4.78 is 5.23. The Morgan fingerprint density at radius 2 is 2.25 bits per heavy atom. The lowest BCUT2D eigenvalue weighted by molar-refractivity contribution is 0.416. The van der Waals surface area contributed by atoms with Gasteiger partial charge in [-0.3, -0.25) is 0 Å². The summed E-state index contributed by atoms with van der Waals surface area (Å²) in [6, 6.07) is 6.68. The van der Waals surface area contributed by atoms with E-state index in [0.717, 1.165) is 12.3 Å². The minimum atomic E-state index is 0.305. The number of nitrogens with one attached hydrogen (secondary N) is 1. The quantitative estimate of drug-likeness (QED) is 0.880. The first kappa shape index (κ1) is 11.6. The second-order valence-electron chi connectivity index (χ2n) is 3.40. The molecule has 2 rings (SSSR count). The molecule has 0 saturated heterocycles. The Kier molecular flexibility index (Phi) is 3.98. The van der Waals surface area contributed by atoms with Crippen molar-refractivity contribution in [1.29, 1.82) is 0 Å². The lowest BCUT2D eigenvalue weighted by Gasteiger charge is -2.14. The number of ether oxygens (including phenoxy) is 1. The maximum atomic E-state index is 5.23. The van der Waals surface area contributed by atoms with Crippen molar-refractivity contribution in [2.45, 2.75) is 13.0 Å². The molecule has 0 aliphatic heterocycles. The standard InChI is InChI=1S/C12H15NOS2/c1-3-13-12(10-5-4-6-15-10)11-7-9(14-2)8-16-11/h4-8,12-13H,3H2,1-2H3. The van der Waals surface area contributed by atoms with Crippen LogP contribution in [0.25, 0.3) is 0 Å². The Labute approximate surface area is 104 Å². The monoisotopic (exact) mass is 253 g/mol. The van der Waals surface area contributed by atoms with Gasteiger partial charge in [0.05, 0.1) is 13.2 Å². The number of hydrogen-bond acceptors (Lipinski definition) is 4. The van der Waals surface area contributed by atoms with Crippen molar-refractivity contribution < 1.29 is 4.74 Å². The summed E-state index contributed by atoms with van der Waals surface area (Å²) in [5.74, 6) is 0.944. The average molecular weight is 253 g/mol. The van der Waals surface area contributed by atoms with E-state index in [1.54, 1.807) is 29.8 Å². The fourth-order valence-corrected chi connectivity index (χ4v) is 3.43. The van der Waals surface area contributed by atoms with Gasteiger partial charge >= 0.3 is 0 Å². The summed E-state index contributed by atoms with van der Waals surface area (Å²) in [6.07, 6.45) is 0. The molecule has 2 aromatic rings. The van der Waals surface area contributed by atoms with Crippen molar-refractivity contribution in [2.24, 2.45) is 0 Å². The van der Waals surface area contributed by atoms with Crippen molar-refractivity contribution in [1.82, 2.24) is 5.32 Å². The van der Waals surface area contributed by atoms with Crippen LogP contribution in [0, 0.1) is 0 Å². The Bertz CT molecular complexity index is 422. The third-order valence-electron chi connectivity index (χ3n) is 2.35. The molecule has 2 nitrogen and oxygen atoms in total. The Morgan fingerprint density at radius 1 is 1.38 bits per heavy atom. The van der Waals surface area contributed by atoms with Crippen LogP contribution in [0.3, 0.4) is 0 Å². The van der Waals surface area contributed by atoms with Crippen molar-refractivity contribution >= 4 is 22.7 Å². The molecule has 1 N–H and O–H groups in total. The molecule has 0 bridgehead atoms. The van der Waals surface area contributed by atoms with E-state index in [9.17, 15) is 0 Å². The number of thiophene rings is 2. The number of rotatable bonds is 5. The van der Waals surface area contributed by atoms with E-state index in [1.165, 1.54) is 9.75 Å². The SMILES string of the molecule is CCNC(c1cccs1)c1cc(OC)cs1. The fraction of sp³-hybridized carbons (Fsp3) is 0.333. The summed E-state index contributed by atoms with van der Waals surface area (Å²) in [6.45, 7) is 3.09. The molecular weight excluding hydrogens is 238 g/mol. The molecule has 0 aliphatic carbocycles. The summed E-state index contributed by atoms with van der Waals surface area (Å²) in [5, 5.41) is 7.67. The van der Waals surface area contributed by atoms with Crippen molar-refractivity contribution in [3.63, 3.8) is 0 Å². The minimum Gasteiger partial charge on any atom is -0.496 e. The van der Waals surface area contributed by atoms with Gasteiger partial charge in [-0.1, -0.05) is 13.0 Å².